The van der Waals surface area contributed by atoms with Crippen molar-refractivity contribution in [1.82, 2.24) is 9.78 Å². The van der Waals surface area contributed by atoms with E-state index in [1.165, 1.54) is 0 Å². The molecule has 74 valence electrons. The van der Waals surface area contributed by atoms with Gasteiger partial charge in [0.25, 0.3) is 0 Å². The Hall–Kier alpha value is -1.55. The van der Waals surface area contributed by atoms with Crippen LogP contribution in [-0.4, -0.2) is 16.3 Å². The molecule has 0 aliphatic heterocycles. The van der Waals surface area contributed by atoms with Crippen molar-refractivity contribution in [2.45, 2.75) is 13.0 Å². The average Bonchev–Trinajstić information content (AvgIpc) is 2.79. The van der Waals surface area contributed by atoms with Crippen molar-refractivity contribution < 1.29 is 4.42 Å². The first-order valence-electron chi connectivity index (χ1n) is 4.56. The maximum atomic E-state index is 5.68. The van der Waals surface area contributed by atoms with Gasteiger partial charge in [-0.1, -0.05) is 0 Å². The van der Waals surface area contributed by atoms with Crippen molar-refractivity contribution in [2.24, 2.45) is 5.73 Å². The van der Waals surface area contributed by atoms with E-state index in [1.807, 2.05) is 36.0 Å². The summed E-state index contributed by atoms with van der Waals surface area (Å²) < 4.78 is 7.14. The summed E-state index contributed by atoms with van der Waals surface area (Å²) in [5.41, 5.74) is 6.67. The molecule has 0 bridgehead atoms. The van der Waals surface area contributed by atoms with Gasteiger partial charge in [-0.05, 0) is 25.1 Å². The van der Waals surface area contributed by atoms with Gasteiger partial charge >= 0.3 is 0 Å². The van der Waals surface area contributed by atoms with Crippen molar-refractivity contribution in [3.8, 4) is 0 Å². The molecule has 0 spiro atoms. The van der Waals surface area contributed by atoms with E-state index in [0.717, 1.165) is 11.5 Å². The minimum absolute atomic E-state index is 0.00120. The Balaban J connectivity index is 2.31. The van der Waals surface area contributed by atoms with Gasteiger partial charge in [0.1, 0.15) is 11.8 Å². The minimum Gasteiger partial charge on any atom is -0.467 e. The summed E-state index contributed by atoms with van der Waals surface area (Å²) in [4.78, 5) is 0. The molecule has 2 heterocycles. The number of hydrogen-bond acceptors (Lipinski definition) is 3. The van der Waals surface area contributed by atoms with Crippen molar-refractivity contribution in [2.75, 3.05) is 6.54 Å². The number of aromatic nitrogens is 2. The lowest BCUT2D eigenvalue weighted by molar-refractivity contribution is 0.409. The summed E-state index contributed by atoms with van der Waals surface area (Å²) >= 11 is 0. The van der Waals surface area contributed by atoms with E-state index in [4.69, 9.17) is 10.2 Å². The normalized spacial score (nSPS) is 13.0. The third-order valence-corrected chi connectivity index (χ3v) is 2.16. The molecule has 2 aromatic rings. The number of hydrogen-bond donors (Lipinski definition) is 1. The summed E-state index contributed by atoms with van der Waals surface area (Å²) in [6.45, 7) is 2.43. The van der Waals surface area contributed by atoms with Crippen molar-refractivity contribution in [3.05, 3.63) is 42.1 Å². The van der Waals surface area contributed by atoms with E-state index in [9.17, 15) is 0 Å². The standard InChI is InChI=1S/C10H13N3O/c1-8-4-5-13(12-8)9(7-11)10-3-2-6-14-10/h2-6,9H,7,11H2,1H3. The Kier molecular flexibility index (Phi) is 2.37. The Morgan fingerprint density at radius 2 is 2.43 bits per heavy atom. The zero-order valence-corrected chi connectivity index (χ0v) is 8.05. The fourth-order valence-corrected chi connectivity index (χ4v) is 1.44. The molecule has 4 nitrogen and oxygen atoms in total. The molecule has 0 aromatic carbocycles. The highest BCUT2D eigenvalue weighted by molar-refractivity contribution is 5.08. The Morgan fingerprint density at radius 3 is 2.93 bits per heavy atom. The zero-order chi connectivity index (χ0) is 9.97. The molecule has 1 atom stereocenters. The highest BCUT2D eigenvalue weighted by atomic mass is 16.3. The van der Waals surface area contributed by atoms with Gasteiger partial charge in [0.2, 0.25) is 0 Å². The van der Waals surface area contributed by atoms with Crippen LogP contribution in [0.4, 0.5) is 0 Å². The maximum Gasteiger partial charge on any atom is 0.129 e. The van der Waals surface area contributed by atoms with E-state index in [2.05, 4.69) is 5.10 Å². The topological polar surface area (TPSA) is 57.0 Å². The first-order chi connectivity index (χ1) is 6.81. The van der Waals surface area contributed by atoms with Crippen molar-refractivity contribution >= 4 is 0 Å². The fraction of sp³-hybridized carbons (Fsp3) is 0.300. The van der Waals surface area contributed by atoms with E-state index in [1.54, 1.807) is 6.26 Å². The monoisotopic (exact) mass is 191 g/mol. The first-order valence-corrected chi connectivity index (χ1v) is 4.56. The first kappa shape index (κ1) is 9.02. The van der Waals surface area contributed by atoms with E-state index < -0.39 is 0 Å². The van der Waals surface area contributed by atoms with Gasteiger partial charge in [-0.25, -0.2) is 0 Å². The van der Waals surface area contributed by atoms with Crippen LogP contribution in [0.2, 0.25) is 0 Å². The van der Waals surface area contributed by atoms with Crippen LogP contribution in [0.5, 0.6) is 0 Å². The maximum absolute atomic E-state index is 5.68. The molecule has 0 aliphatic carbocycles. The largest absolute Gasteiger partial charge is 0.467 e. The van der Waals surface area contributed by atoms with Crippen LogP contribution >= 0.6 is 0 Å². The highest BCUT2D eigenvalue weighted by Crippen LogP contribution is 2.16. The van der Waals surface area contributed by atoms with Gasteiger partial charge in [-0.2, -0.15) is 5.10 Å². The summed E-state index contributed by atoms with van der Waals surface area (Å²) in [6, 6.07) is 5.72. The molecule has 0 amide bonds. The van der Waals surface area contributed by atoms with Crippen LogP contribution in [0.25, 0.3) is 0 Å². The lowest BCUT2D eigenvalue weighted by Crippen LogP contribution is -2.20. The SMILES string of the molecule is Cc1ccn(C(CN)c2ccco2)n1. The number of furan rings is 1. The van der Waals surface area contributed by atoms with Gasteiger partial charge in [0.15, 0.2) is 0 Å². The number of nitrogens with zero attached hydrogens (tertiary/aromatic N) is 2. The predicted molar refractivity (Wildman–Crippen MR) is 52.9 cm³/mol. The average molecular weight is 191 g/mol. The van der Waals surface area contributed by atoms with Gasteiger partial charge in [0.05, 0.1) is 12.0 Å². The fourth-order valence-electron chi connectivity index (χ4n) is 1.44. The van der Waals surface area contributed by atoms with E-state index >= 15 is 0 Å². The number of rotatable bonds is 3. The van der Waals surface area contributed by atoms with Crippen LogP contribution in [0.15, 0.2) is 35.1 Å². The second-order valence-corrected chi connectivity index (χ2v) is 3.20. The predicted octanol–water partition coefficient (Wildman–Crippen LogP) is 1.33. The zero-order valence-electron chi connectivity index (χ0n) is 8.05. The Morgan fingerprint density at radius 1 is 1.57 bits per heavy atom. The molecule has 4 heteroatoms. The summed E-state index contributed by atoms with van der Waals surface area (Å²) in [5, 5.41) is 4.31. The lowest BCUT2D eigenvalue weighted by atomic mass is 10.2. The third-order valence-electron chi connectivity index (χ3n) is 2.16. The van der Waals surface area contributed by atoms with Crippen molar-refractivity contribution in [3.63, 3.8) is 0 Å². The molecule has 0 fully saturated rings. The molecule has 1 unspecified atom stereocenters. The minimum atomic E-state index is -0.00120. The van der Waals surface area contributed by atoms with Crippen LogP contribution in [0.1, 0.15) is 17.5 Å². The quantitative estimate of drug-likeness (QED) is 0.796. The van der Waals surface area contributed by atoms with Crippen molar-refractivity contribution in [1.29, 1.82) is 0 Å². The summed E-state index contributed by atoms with van der Waals surface area (Å²) in [6.07, 6.45) is 3.56. The van der Waals surface area contributed by atoms with Crippen LogP contribution in [0.3, 0.4) is 0 Å². The third kappa shape index (κ3) is 1.56. The second kappa shape index (κ2) is 3.67. The molecular weight excluding hydrogens is 178 g/mol. The molecule has 0 aliphatic rings. The Labute approximate surface area is 82.3 Å². The lowest BCUT2D eigenvalue weighted by Gasteiger charge is -2.12. The van der Waals surface area contributed by atoms with Gasteiger partial charge in [-0.15, -0.1) is 0 Å². The smallest absolute Gasteiger partial charge is 0.129 e. The highest BCUT2D eigenvalue weighted by Gasteiger charge is 2.14. The van der Waals surface area contributed by atoms with Gasteiger partial charge in [0, 0.05) is 12.7 Å². The molecule has 14 heavy (non-hydrogen) atoms. The molecule has 2 rings (SSSR count). The van der Waals surface area contributed by atoms with E-state index in [0.29, 0.717) is 6.54 Å². The van der Waals surface area contributed by atoms with Gasteiger partial charge < -0.3 is 10.2 Å². The van der Waals surface area contributed by atoms with Crippen LogP contribution in [0, 0.1) is 6.92 Å². The summed E-state index contributed by atoms with van der Waals surface area (Å²) in [7, 11) is 0. The number of nitrogens with two attached hydrogens (primary N) is 1. The molecule has 2 aromatic heterocycles. The molecule has 0 saturated heterocycles. The van der Waals surface area contributed by atoms with Crippen LogP contribution in [-0.2, 0) is 0 Å². The molecule has 2 N–H and O–H groups in total. The Bertz CT molecular complexity index is 391. The molecular formula is C10H13N3O. The molecule has 0 radical (unpaired) electrons. The number of aryl methyl sites for hydroxylation is 1. The second-order valence-electron chi connectivity index (χ2n) is 3.20. The summed E-state index contributed by atoms with van der Waals surface area (Å²) in [5.74, 6) is 0.843. The van der Waals surface area contributed by atoms with Crippen LogP contribution < -0.4 is 5.73 Å². The van der Waals surface area contributed by atoms with E-state index in [-0.39, 0.29) is 6.04 Å². The molecule has 0 saturated carbocycles. The van der Waals surface area contributed by atoms with Gasteiger partial charge in [-0.3, -0.25) is 4.68 Å².